The molecule has 2 aromatic rings. The first-order valence-corrected chi connectivity index (χ1v) is 13.1. The Hall–Kier alpha value is -2.54. The van der Waals surface area contributed by atoms with Crippen molar-refractivity contribution in [2.24, 2.45) is 5.92 Å². The number of thiophene rings is 1. The number of hydrogen-bond donors (Lipinski definition) is 1. The van der Waals surface area contributed by atoms with Crippen molar-refractivity contribution in [1.82, 2.24) is 9.62 Å². The lowest BCUT2D eigenvalue weighted by Gasteiger charge is -2.33. The van der Waals surface area contributed by atoms with Crippen molar-refractivity contribution < 1.29 is 22.9 Å². The number of anilines is 1. The Morgan fingerprint density at radius 1 is 1.18 bits per heavy atom. The van der Waals surface area contributed by atoms with E-state index >= 15 is 0 Å². The molecule has 0 bridgehead atoms. The van der Waals surface area contributed by atoms with E-state index in [2.05, 4.69) is 5.32 Å². The minimum atomic E-state index is -3.83. The van der Waals surface area contributed by atoms with Crippen LogP contribution in [0.3, 0.4) is 0 Å². The molecule has 0 unspecified atom stereocenters. The van der Waals surface area contributed by atoms with Crippen LogP contribution in [-0.4, -0.2) is 62.9 Å². The number of nitro benzene ring substituents is 1. The summed E-state index contributed by atoms with van der Waals surface area (Å²) in [7, 11) is -3.83. The number of morpholine rings is 1. The fraction of sp³-hybridized carbons (Fsp3) is 0.476. The smallest absolute Gasteiger partial charge is 0.293 e. The van der Waals surface area contributed by atoms with E-state index < -0.39 is 14.9 Å². The maximum absolute atomic E-state index is 12.9. The van der Waals surface area contributed by atoms with Crippen molar-refractivity contribution in [3.8, 4) is 0 Å². The highest BCUT2D eigenvalue weighted by atomic mass is 32.2. The van der Waals surface area contributed by atoms with E-state index in [9.17, 15) is 23.3 Å². The summed E-state index contributed by atoms with van der Waals surface area (Å²) >= 11 is 1.58. The molecular formula is C21H26N4O6S2. The van der Waals surface area contributed by atoms with Gasteiger partial charge in [0, 0.05) is 44.7 Å². The predicted octanol–water partition coefficient (Wildman–Crippen LogP) is 2.21. The standard InChI is InChI=1S/C21H26N4O6S2/c26-21(22-14-16-5-12-32-15-16)17-3-6-23(7-4-17)19-2-1-18(13-20(19)25(27)28)33(29,30)24-8-10-31-11-9-24/h1-2,5,12-13,15,17H,3-4,6-11,14H2,(H,22,26). The third kappa shape index (κ3) is 5.35. The van der Waals surface area contributed by atoms with Gasteiger partial charge in [0.15, 0.2) is 0 Å². The van der Waals surface area contributed by atoms with E-state index in [1.54, 1.807) is 11.3 Å². The van der Waals surface area contributed by atoms with Gasteiger partial charge in [-0.15, -0.1) is 0 Å². The highest BCUT2D eigenvalue weighted by Crippen LogP contribution is 2.34. The Bertz CT molecular complexity index is 1090. The van der Waals surface area contributed by atoms with Crippen LogP contribution >= 0.6 is 11.3 Å². The number of amides is 1. The summed E-state index contributed by atoms with van der Waals surface area (Å²) in [5.41, 5.74) is 1.19. The molecule has 1 aromatic carbocycles. The van der Waals surface area contributed by atoms with Gasteiger partial charge in [-0.05, 0) is 47.4 Å². The van der Waals surface area contributed by atoms with Crippen molar-refractivity contribution in [2.75, 3.05) is 44.3 Å². The highest BCUT2D eigenvalue weighted by Gasteiger charge is 2.32. The minimum absolute atomic E-state index is 0.0118. The molecule has 0 atom stereocenters. The zero-order valence-electron chi connectivity index (χ0n) is 18.0. The summed E-state index contributed by atoms with van der Waals surface area (Å²) in [6.07, 6.45) is 1.14. The molecule has 33 heavy (non-hydrogen) atoms. The molecule has 1 amide bonds. The Morgan fingerprint density at radius 3 is 2.55 bits per heavy atom. The van der Waals surface area contributed by atoms with Crippen LogP contribution in [0.25, 0.3) is 0 Å². The topological polar surface area (TPSA) is 122 Å². The second-order valence-electron chi connectivity index (χ2n) is 8.03. The number of nitrogens with one attached hydrogen (secondary N) is 1. The van der Waals surface area contributed by atoms with Gasteiger partial charge in [-0.1, -0.05) is 0 Å². The Balaban J connectivity index is 1.43. The summed E-state index contributed by atoms with van der Waals surface area (Å²) in [4.78, 5) is 25.5. The summed E-state index contributed by atoms with van der Waals surface area (Å²) < 4.78 is 32.3. The molecular weight excluding hydrogens is 468 g/mol. The average Bonchev–Trinajstić information content (AvgIpc) is 3.36. The number of piperidine rings is 1. The number of nitrogens with zero attached hydrogens (tertiary/aromatic N) is 3. The van der Waals surface area contributed by atoms with Crippen molar-refractivity contribution in [3.63, 3.8) is 0 Å². The van der Waals surface area contributed by atoms with Gasteiger partial charge in [-0.25, -0.2) is 8.42 Å². The van der Waals surface area contributed by atoms with Gasteiger partial charge in [0.25, 0.3) is 5.69 Å². The molecule has 0 radical (unpaired) electrons. The van der Waals surface area contributed by atoms with Crippen LogP contribution in [0.15, 0.2) is 39.9 Å². The van der Waals surface area contributed by atoms with Crippen LogP contribution < -0.4 is 10.2 Å². The first-order chi connectivity index (χ1) is 15.9. The third-order valence-corrected chi connectivity index (χ3v) is 8.63. The zero-order chi connectivity index (χ0) is 23.4. The molecule has 1 aromatic heterocycles. The van der Waals surface area contributed by atoms with Crippen LogP contribution in [-0.2, 0) is 26.1 Å². The monoisotopic (exact) mass is 494 g/mol. The lowest BCUT2D eigenvalue weighted by Crippen LogP contribution is -2.41. The second kappa shape index (κ2) is 10.2. The van der Waals surface area contributed by atoms with Crippen LogP contribution in [0.2, 0.25) is 0 Å². The van der Waals surface area contributed by atoms with Gasteiger partial charge < -0.3 is 15.0 Å². The number of sulfonamides is 1. The molecule has 2 fully saturated rings. The van der Waals surface area contributed by atoms with Gasteiger partial charge in [-0.3, -0.25) is 14.9 Å². The Kier molecular flexibility index (Phi) is 7.27. The molecule has 2 aliphatic heterocycles. The largest absolute Gasteiger partial charge is 0.379 e. The van der Waals surface area contributed by atoms with Gasteiger partial charge >= 0.3 is 0 Å². The van der Waals surface area contributed by atoms with Crippen LogP contribution in [0.1, 0.15) is 18.4 Å². The average molecular weight is 495 g/mol. The van der Waals surface area contributed by atoms with Gasteiger partial charge in [0.2, 0.25) is 15.9 Å². The molecule has 2 aliphatic rings. The predicted molar refractivity (Wildman–Crippen MR) is 124 cm³/mol. The van der Waals surface area contributed by atoms with Gasteiger partial charge in [0.05, 0.1) is 23.0 Å². The molecule has 178 valence electrons. The molecule has 0 spiro atoms. The number of rotatable bonds is 7. The lowest BCUT2D eigenvalue weighted by molar-refractivity contribution is -0.384. The first kappa shape index (κ1) is 23.6. The molecule has 3 heterocycles. The molecule has 0 saturated carbocycles. The molecule has 10 nitrogen and oxygen atoms in total. The van der Waals surface area contributed by atoms with Crippen molar-refractivity contribution in [3.05, 3.63) is 50.7 Å². The number of carbonyl (C=O) groups is 1. The van der Waals surface area contributed by atoms with Crippen molar-refractivity contribution in [1.29, 1.82) is 0 Å². The van der Waals surface area contributed by atoms with Crippen LogP contribution in [0.5, 0.6) is 0 Å². The Morgan fingerprint density at radius 2 is 1.91 bits per heavy atom. The van der Waals surface area contributed by atoms with Gasteiger partial charge in [0.1, 0.15) is 5.69 Å². The van der Waals surface area contributed by atoms with Crippen molar-refractivity contribution >= 4 is 38.6 Å². The Labute approximate surface area is 196 Å². The third-order valence-electron chi connectivity index (χ3n) is 6.00. The number of carbonyl (C=O) groups excluding carboxylic acids is 1. The summed E-state index contributed by atoms with van der Waals surface area (Å²) in [5.74, 6) is -0.165. The summed E-state index contributed by atoms with van der Waals surface area (Å²) in [6, 6.07) is 6.03. The van der Waals surface area contributed by atoms with Crippen LogP contribution in [0, 0.1) is 16.0 Å². The van der Waals surface area contributed by atoms with E-state index in [0.717, 1.165) is 11.6 Å². The number of ether oxygens (including phenoxy) is 1. The summed E-state index contributed by atoms with van der Waals surface area (Å²) in [6.45, 7) is 2.50. The number of benzene rings is 1. The van der Waals surface area contributed by atoms with Crippen LogP contribution in [0.4, 0.5) is 11.4 Å². The maximum Gasteiger partial charge on any atom is 0.293 e. The van der Waals surface area contributed by atoms with E-state index in [0.29, 0.717) is 51.4 Å². The fourth-order valence-corrected chi connectivity index (χ4v) is 6.22. The fourth-order valence-electron chi connectivity index (χ4n) is 4.12. The number of hydrogen-bond acceptors (Lipinski definition) is 8. The van der Waals surface area contributed by atoms with E-state index in [4.69, 9.17) is 4.74 Å². The second-order valence-corrected chi connectivity index (χ2v) is 10.8. The van der Waals surface area contributed by atoms with E-state index in [-0.39, 0.29) is 35.5 Å². The van der Waals surface area contributed by atoms with E-state index in [1.165, 1.54) is 16.4 Å². The maximum atomic E-state index is 12.9. The molecule has 0 aliphatic carbocycles. The highest BCUT2D eigenvalue weighted by molar-refractivity contribution is 7.89. The number of nitro groups is 1. The molecule has 1 N–H and O–H groups in total. The summed E-state index contributed by atoms with van der Waals surface area (Å²) in [5, 5.41) is 18.7. The minimum Gasteiger partial charge on any atom is -0.379 e. The van der Waals surface area contributed by atoms with Gasteiger partial charge in [-0.2, -0.15) is 15.6 Å². The quantitative estimate of drug-likeness (QED) is 0.463. The normalized spacial score (nSPS) is 18.2. The molecule has 12 heteroatoms. The first-order valence-electron chi connectivity index (χ1n) is 10.8. The lowest BCUT2D eigenvalue weighted by atomic mass is 9.95. The SMILES string of the molecule is O=C(NCc1ccsc1)C1CCN(c2ccc(S(=O)(=O)N3CCOCC3)cc2[N+](=O)[O-])CC1. The van der Waals surface area contributed by atoms with E-state index in [1.807, 2.05) is 21.7 Å². The van der Waals surface area contributed by atoms with Crippen molar-refractivity contribution in [2.45, 2.75) is 24.3 Å². The molecule has 4 rings (SSSR count). The zero-order valence-corrected chi connectivity index (χ0v) is 19.6. The molecule has 2 saturated heterocycles.